The van der Waals surface area contributed by atoms with Gasteiger partial charge in [0.15, 0.2) is 0 Å². The van der Waals surface area contributed by atoms with E-state index in [0.717, 1.165) is 25.7 Å². The molecule has 3 aliphatic rings. The first kappa shape index (κ1) is 12.7. The molecule has 3 rings (SSSR count). The maximum absolute atomic E-state index is 11.8. The highest BCUT2D eigenvalue weighted by molar-refractivity contribution is 5.72. The topological polar surface area (TPSA) is 52.6 Å². The molecule has 0 unspecified atom stereocenters. The van der Waals surface area contributed by atoms with Gasteiger partial charge in [0.2, 0.25) is 0 Å². The lowest BCUT2D eigenvalue weighted by molar-refractivity contribution is -0.175. The Balaban J connectivity index is 1.95. The molecule has 0 amide bonds. The van der Waals surface area contributed by atoms with E-state index in [9.17, 15) is 9.59 Å². The Hall–Kier alpha value is -1.32. The lowest BCUT2D eigenvalue weighted by Gasteiger charge is -2.48. The number of esters is 2. The van der Waals surface area contributed by atoms with Crippen molar-refractivity contribution in [2.45, 2.75) is 58.2 Å². The molecule has 2 fully saturated rings. The predicted molar refractivity (Wildman–Crippen MR) is 68.2 cm³/mol. The summed E-state index contributed by atoms with van der Waals surface area (Å²) >= 11 is 0. The van der Waals surface area contributed by atoms with Crippen molar-refractivity contribution in [1.29, 1.82) is 0 Å². The lowest BCUT2D eigenvalue weighted by Crippen LogP contribution is -2.49. The second kappa shape index (κ2) is 4.66. The van der Waals surface area contributed by atoms with Crippen LogP contribution in [0.4, 0.5) is 0 Å². The number of carbonyl (C=O) groups excluding carboxylic acids is 2. The molecule has 1 saturated heterocycles. The van der Waals surface area contributed by atoms with Gasteiger partial charge in [-0.25, -0.2) is 0 Å². The van der Waals surface area contributed by atoms with Crippen molar-refractivity contribution in [3.63, 3.8) is 0 Å². The van der Waals surface area contributed by atoms with Crippen LogP contribution in [0.1, 0.15) is 46.0 Å². The van der Waals surface area contributed by atoms with Crippen LogP contribution in [-0.2, 0) is 19.1 Å². The minimum absolute atomic E-state index is 0.00306. The monoisotopic (exact) mass is 264 g/mol. The van der Waals surface area contributed by atoms with Crippen LogP contribution in [0.25, 0.3) is 0 Å². The molecule has 4 nitrogen and oxygen atoms in total. The van der Waals surface area contributed by atoms with Crippen molar-refractivity contribution in [2.75, 3.05) is 0 Å². The molecule has 104 valence electrons. The third-order valence-corrected chi connectivity index (χ3v) is 4.73. The standard InChI is InChI=1S/C15H20O4/c1-8-6-13(18-9(2)16)11-7-14(17)19-12-5-3-4-10(8)15(11)12/h11-13,15H,3-7H2,1-2H3/t11-,12+,13+,15-/m1/s1. The Bertz CT molecular complexity index is 451. The third kappa shape index (κ3) is 2.17. The van der Waals surface area contributed by atoms with Gasteiger partial charge in [0.1, 0.15) is 12.2 Å². The van der Waals surface area contributed by atoms with Crippen LogP contribution < -0.4 is 0 Å². The summed E-state index contributed by atoms with van der Waals surface area (Å²) < 4.78 is 11.0. The second-order valence-electron chi connectivity index (χ2n) is 5.97. The highest BCUT2D eigenvalue weighted by Crippen LogP contribution is 2.49. The van der Waals surface area contributed by atoms with Gasteiger partial charge in [-0.3, -0.25) is 9.59 Å². The Morgan fingerprint density at radius 1 is 1.37 bits per heavy atom. The van der Waals surface area contributed by atoms with Crippen molar-refractivity contribution in [3.8, 4) is 0 Å². The predicted octanol–water partition coefficient (Wildman–Crippen LogP) is 2.37. The summed E-state index contributed by atoms with van der Waals surface area (Å²) in [5, 5.41) is 0. The summed E-state index contributed by atoms with van der Waals surface area (Å²) in [6, 6.07) is 0. The summed E-state index contributed by atoms with van der Waals surface area (Å²) in [5.74, 6) is 0.00968. The van der Waals surface area contributed by atoms with Crippen molar-refractivity contribution >= 4 is 11.9 Å². The van der Waals surface area contributed by atoms with Gasteiger partial charge in [-0.2, -0.15) is 0 Å². The summed E-state index contributed by atoms with van der Waals surface area (Å²) in [7, 11) is 0. The van der Waals surface area contributed by atoms with Gasteiger partial charge in [-0.15, -0.1) is 0 Å². The fraction of sp³-hybridized carbons (Fsp3) is 0.733. The second-order valence-corrected chi connectivity index (χ2v) is 5.97. The molecule has 1 aliphatic heterocycles. The zero-order valence-corrected chi connectivity index (χ0v) is 11.5. The molecule has 19 heavy (non-hydrogen) atoms. The van der Waals surface area contributed by atoms with E-state index in [-0.39, 0.29) is 36.0 Å². The van der Waals surface area contributed by atoms with Gasteiger partial charge >= 0.3 is 11.9 Å². The molecule has 0 aromatic heterocycles. The molecular formula is C15H20O4. The number of ether oxygens (including phenoxy) is 2. The number of hydrogen-bond donors (Lipinski definition) is 0. The summed E-state index contributed by atoms with van der Waals surface area (Å²) in [5.41, 5.74) is 2.78. The minimum atomic E-state index is -0.257. The summed E-state index contributed by atoms with van der Waals surface area (Å²) in [6.45, 7) is 3.56. The highest BCUT2D eigenvalue weighted by atomic mass is 16.6. The molecule has 4 atom stereocenters. The average molecular weight is 264 g/mol. The van der Waals surface area contributed by atoms with E-state index in [4.69, 9.17) is 9.47 Å². The molecule has 1 saturated carbocycles. The van der Waals surface area contributed by atoms with Crippen molar-refractivity contribution in [3.05, 3.63) is 11.1 Å². The largest absolute Gasteiger partial charge is 0.462 e. The third-order valence-electron chi connectivity index (χ3n) is 4.73. The average Bonchev–Trinajstić information content (AvgIpc) is 2.34. The van der Waals surface area contributed by atoms with Crippen LogP contribution in [0, 0.1) is 11.8 Å². The van der Waals surface area contributed by atoms with E-state index in [1.165, 1.54) is 18.1 Å². The smallest absolute Gasteiger partial charge is 0.306 e. The SMILES string of the molecule is CC(=O)O[C@H]1CC(C)=C2CCC[C@@H]3OC(=O)C[C@H]1[C@@H]23. The zero-order valence-electron chi connectivity index (χ0n) is 11.5. The van der Waals surface area contributed by atoms with Crippen molar-refractivity contribution in [2.24, 2.45) is 11.8 Å². The molecule has 0 radical (unpaired) electrons. The van der Waals surface area contributed by atoms with Crippen molar-refractivity contribution in [1.82, 2.24) is 0 Å². The van der Waals surface area contributed by atoms with Crippen LogP contribution in [0.3, 0.4) is 0 Å². The Morgan fingerprint density at radius 3 is 2.89 bits per heavy atom. The molecule has 1 heterocycles. The summed E-state index contributed by atoms with van der Waals surface area (Å²) in [6.07, 6.45) is 4.14. The summed E-state index contributed by atoms with van der Waals surface area (Å²) in [4.78, 5) is 23.0. The molecule has 0 aromatic rings. The number of rotatable bonds is 1. The molecule has 0 aromatic carbocycles. The van der Waals surface area contributed by atoms with E-state index in [0.29, 0.717) is 6.42 Å². The van der Waals surface area contributed by atoms with Gasteiger partial charge in [-0.05, 0) is 26.2 Å². The van der Waals surface area contributed by atoms with Gasteiger partial charge in [0, 0.05) is 25.2 Å². The molecule has 4 heteroatoms. The van der Waals surface area contributed by atoms with Gasteiger partial charge in [-0.1, -0.05) is 11.1 Å². The normalized spacial score (nSPS) is 37.5. The molecule has 0 N–H and O–H groups in total. The fourth-order valence-corrected chi connectivity index (χ4v) is 4.05. The molecular weight excluding hydrogens is 244 g/mol. The minimum Gasteiger partial charge on any atom is -0.462 e. The first-order valence-corrected chi connectivity index (χ1v) is 7.11. The molecule has 0 bridgehead atoms. The van der Waals surface area contributed by atoms with Crippen molar-refractivity contribution < 1.29 is 19.1 Å². The van der Waals surface area contributed by atoms with E-state index in [2.05, 4.69) is 6.92 Å². The zero-order chi connectivity index (χ0) is 13.6. The van der Waals surface area contributed by atoms with Gasteiger partial charge in [0.25, 0.3) is 0 Å². The number of hydrogen-bond acceptors (Lipinski definition) is 4. The van der Waals surface area contributed by atoms with Gasteiger partial charge < -0.3 is 9.47 Å². The Labute approximate surface area is 113 Å². The highest BCUT2D eigenvalue weighted by Gasteiger charge is 2.49. The maximum atomic E-state index is 11.8. The molecule has 0 spiro atoms. The lowest BCUT2D eigenvalue weighted by atomic mass is 9.64. The van der Waals surface area contributed by atoms with Crippen LogP contribution in [0.15, 0.2) is 11.1 Å². The quantitative estimate of drug-likeness (QED) is 0.539. The van der Waals surface area contributed by atoms with Crippen LogP contribution >= 0.6 is 0 Å². The maximum Gasteiger partial charge on any atom is 0.306 e. The number of carbonyl (C=O) groups is 2. The fourth-order valence-electron chi connectivity index (χ4n) is 4.05. The van der Waals surface area contributed by atoms with E-state index >= 15 is 0 Å². The van der Waals surface area contributed by atoms with Crippen LogP contribution in [0.2, 0.25) is 0 Å². The van der Waals surface area contributed by atoms with E-state index in [1.54, 1.807) is 0 Å². The molecule has 2 aliphatic carbocycles. The first-order chi connectivity index (χ1) is 9.06. The van der Waals surface area contributed by atoms with Crippen LogP contribution in [-0.4, -0.2) is 24.1 Å². The van der Waals surface area contributed by atoms with Crippen LogP contribution in [0.5, 0.6) is 0 Å². The van der Waals surface area contributed by atoms with Gasteiger partial charge in [0.05, 0.1) is 6.42 Å². The van der Waals surface area contributed by atoms with E-state index < -0.39 is 0 Å². The first-order valence-electron chi connectivity index (χ1n) is 7.11. The Morgan fingerprint density at radius 2 is 2.16 bits per heavy atom. The van der Waals surface area contributed by atoms with E-state index in [1.807, 2.05) is 0 Å². The Kier molecular flexibility index (Phi) is 3.11.